The van der Waals surface area contributed by atoms with Gasteiger partial charge in [-0.25, -0.2) is 9.18 Å². The highest BCUT2D eigenvalue weighted by Crippen LogP contribution is 2.29. The van der Waals surface area contributed by atoms with Crippen molar-refractivity contribution in [2.75, 3.05) is 0 Å². The fourth-order valence-electron chi connectivity index (χ4n) is 2.65. The van der Waals surface area contributed by atoms with Crippen molar-refractivity contribution in [3.8, 4) is 0 Å². The van der Waals surface area contributed by atoms with E-state index in [9.17, 15) is 22.4 Å². The molecule has 3 rings (SSSR count). The Hall–Kier alpha value is -2.87. The maximum atomic E-state index is 13.2. The molecule has 0 aliphatic carbocycles. The average Bonchev–Trinajstić information content (AvgIpc) is 3.19. The normalized spacial score (nSPS) is 12.4. The van der Waals surface area contributed by atoms with Gasteiger partial charge in [-0.3, -0.25) is 0 Å². The summed E-state index contributed by atoms with van der Waals surface area (Å²) in [5.74, 6) is -0.386. The van der Waals surface area contributed by atoms with Gasteiger partial charge in [-0.1, -0.05) is 30.3 Å². The van der Waals surface area contributed by atoms with Gasteiger partial charge in [-0.15, -0.1) is 11.3 Å². The number of carbonyl (C=O) groups is 1. The molecule has 2 N–H and O–H groups in total. The Labute approximate surface area is 163 Å². The number of hydrogen-bond acceptors (Lipinski definition) is 2. The third-order valence-corrected chi connectivity index (χ3v) is 4.95. The number of urea groups is 1. The smallest absolute Gasteiger partial charge is 0.334 e. The van der Waals surface area contributed by atoms with Crippen LogP contribution in [0.15, 0.2) is 66.0 Å². The summed E-state index contributed by atoms with van der Waals surface area (Å²) in [4.78, 5) is 13.2. The van der Waals surface area contributed by atoms with Gasteiger partial charge >= 0.3 is 12.2 Å². The molecule has 1 heterocycles. The van der Waals surface area contributed by atoms with Gasteiger partial charge in [0.25, 0.3) is 0 Å². The molecule has 0 fully saturated rings. The van der Waals surface area contributed by atoms with Crippen molar-refractivity contribution in [3.05, 3.63) is 93.4 Å². The summed E-state index contributed by atoms with van der Waals surface area (Å²) in [5.41, 5.74) is 0.257. The molecule has 1 aromatic heterocycles. The lowest BCUT2D eigenvalue weighted by Gasteiger charge is -2.19. The molecule has 0 aliphatic heterocycles. The summed E-state index contributed by atoms with van der Waals surface area (Å²) in [5, 5.41) is 7.21. The number of thiophene rings is 1. The zero-order valence-electron chi connectivity index (χ0n) is 14.5. The van der Waals surface area contributed by atoms with E-state index in [0.717, 1.165) is 17.0 Å². The second kappa shape index (κ2) is 8.43. The second-order valence-electron chi connectivity index (χ2n) is 6.03. The van der Waals surface area contributed by atoms with Crippen molar-refractivity contribution in [3.63, 3.8) is 0 Å². The van der Waals surface area contributed by atoms with Crippen molar-refractivity contribution in [1.82, 2.24) is 10.6 Å². The predicted molar refractivity (Wildman–Crippen MR) is 99.4 cm³/mol. The van der Waals surface area contributed by atoms with Crippen LogP contribution in [0.3, 0.4) is 0 Å². The lowest BCUT2D eigenvalue weighted by atomic mass is 10.1. The Morgan fingerprint density at radius 3 is 2.43 bits per heavy atom. The number of rotatable bonds is 5. The van der Waals surface area contributed by atoms with E-state index in [1.54, 1.807) is 12.1 Å². The monoisotopic (exact) mass is 408 g/mol. The standard InChI is InChI=1S/C20H16F4N2OS/c21-16-8-6-14(7-9-16)18(17-5-2-10-28-17)26-19(27)25-12-13-3-1-4-15(11-13)20(22,23)24/h1-11,18H,12H2,(H2,25,26,27). The SMILES string of the molecule is O=C(NCc1cccc(C(F)(F)F)c1)NC(c1ccc(F)cc1)c1cccs1. The maximum Gasteiger partial charge on any atom is 0.416 e. The van der Waals surface area contributed by atoms with Crippen molar-refractivity contribution >= 4 is 17.4 Å². The van der Waals surface area contributed by atoms with E-state index in [1.165, 1.54) is 35.6 Å². The molecule has 28 heavy (non-hydrogen) atoms. The number of carbonyl (C=O) groups excluding carboxylic acids is 1. The van der Waals surface area contributed by atoms with Crippen LogP contribution < -0.4 is 10.6 Å². The molecule has 8 heteroatoms. The predicted octanol–water partition coefficient (Wildman–Crippen LogP) is 5.49. The molecule has 1 atom stereocenters. The Morgan fingerprint density at radius 2 is 1.79 bits per heavy atom. The number of alkyl halides is 3. The molecule has 0 bridgehead atoms. The molecule has 0 radical (unpaired) electrons. The fraction of sp³-hybridized carbons (Fsp3) is 0.150. The first-order chi connectivity index (χ1) is 13.3. The summed E-state index contributed by atoms with van der Waals surface area (Å²) in [6.07, 6.45) is -4.44. The molecular weight excluding hydrogens is 392 g/mol. The number of halogens is 4. The second-order valence-corrected chi connectivity index (χ2v) is 7.00. The third kappa shape index (κ3) is 5.10. The zero-order valence-corrected chi connectivity index (χ0v) is 15.3. The topological polar surface area (TPSA) is 41.1 Å². The Kier molecular flexibility index (Phi) is 5.99. The van der Waals surface area contributed by atoms with Crippen molar-refractivity contribution in [2.24, 2.45) is 0 Å². The van der Waals surface area contributed by atoms with Crippen LogP contribution in [0.25, 0.3) is 0 Å². The molecule has 3 aromatic rings. The summed E-state index contributed by atoms with van der Waals surface area (Å²) in [6.45, 7) is -0.0592. The highest BCUT2D eigenvalue weighted by Gasteiger charge is 2.30. The van der Waals surface area contributed by atoms with Gasteiger partial charge in [0.15, 0.2) is 0 Å². The van der Waals surface area contributed by atoms with Crippen molar-refractivity contribution < 1.29 is 22.4 Å². The van der Waals surface area contributed by atoms with Gasteiger partial charge in [0.1, 0.15) is 5.82 Å². The number of benzene rings is 2. The lowest BCUT2D eigenvalue weighted by molar-refractivity contribution is -0.137. The molecule has 1 unspecified atom stereocenters. The van der Waals surface area contributed by atoms with Gasteiger partial charge in [-0.2, -0.15) is 13.2 Å². The molecule has 146 valence electrons. The highest BCUT2D eigenvalue weighted by atomic mass is 32.1. The quantitative estimate of drug-likeness (QED) is 0.538. The Bertz CT molecular complexity index is 924. The highest BCUT2D eigenvalue weighted by molar-refractivity contribution is 7.10. The van der Waals surface area contributed by atoms with Gasteiger partial charge in [0.2, 0.25) is 0 Å². The fourth-order valence-corrected chi connectivity index (χ4v) is 3.45. The summed E-state index contributed by atoms with van der Waals surface area (Å²) in [7, 11) is 0. The maximum absolute atomic E-state index is 13.2. The molecule has 2 aromatic carbocycles. The molecular formula is C20H16F4N2OS. The average molecular weight is 408 g/mol. The molecule has 0 spiro atoms. The number of nitrogens with one attached hydrogen (secondary N) is 2. The minimum atomic E-state index is -4.44. The van der Waals surface area contributed by atoms with Crippen LogP contribution in [0, 0.1) is 5.82 Å². The van der Waals surface area contributed by atoms with Crippen LogP contribution in [0.2, 0.25) is 0 Å². The van der Waals surface area contributed by atoms with E-state index in [-0.39, 0.29) is 12.4 Å². The van der Waals surface area contributed by atoms with Crippen LogP contribution in [-0.4, -0.2) is 6.03 Å². The van der Waals surface area contributed by atoms with Gasteiger partial charge in [-0.05, 0) is 46.8 Å². The Balaban J connectivity index is 1.69. The van der Waals surface area contributed by atoms with Crippen LogP contribution in [0.4, 0.5) is 22.4 Å². The van der Waals surface area contributed by atoms with Crippen molar-refractivity contribution in [2.45, 2.75) is 18.8 Å². The van der Waals surface area contributed by atoms with Gasteiger partial charge in [0.05, 0.1) is 11.6 Å². The van der Waals surface area contributed by atoms with Crippen LogP contribution in [0.1, 0.15) is 27.6 Å². The first-order valence-corrected chi connectivity index (χ1v) is 9.20. The van der Waals surface area contributed by atoms with E-state index in [1.807, 2.05) is 17.5 Å². The zero-order chi connectivity index (χ0) is 20.1. The molecule has 2 amide bonds. The lowest BCUT2D eigenvalue weighted by Crippen LogP contribution is -2.37. The Morgan fingerprint density at radius 1 is 1.04 bits per heavy atom. The van der Waals surface area contributed by atoms with E-state index < -0.39 is 23.8 Å². The van der Waals surface area contributed by atoms with E-state index in [2.05, 4.69) is 10.6 Å². The molecule has 0 aliphatic rings. The van der Waals surface area contributed by atoms with E-state index in [0.29, 0.717) is 11.1 Å². The summed E-state index contributed by atoms with van der Waals surface area (Å²) < 4.78 is 51.6. The molecule has 0 saturated heterocycles. The largest absolute Gasteiger partial charge is 0.416 e. The van der Waals surface area contributed by atoms with Gasteiger partial charge in [0, 0.05) is 11.4 Å². The van der Waals surface area contributed by atoms with Crippen LogP contribution in [-0.2, 0) is 12.7 Å². The van der Waals surface area contributed by atoms with Crippen LogP contribution >= 0.6 is 11.3 Å². The summed E-state index contributed by atoms with van der Waals surface area (Å²) in [6, 6.07) is 13.2. The molecule has 0 saturated carbocycles. The van der Waals surface area contributed by atoms with Crippen LogP contribution in [0.5, 0.6) is 0 Å². The minimum absolute atomic E-state index is 0.0592. The van der Waals surface area contributed by atoms with Gasteiger partial charge < -0.3 is 10.6 Å². The summed E-state index contributed by atoms with van der Waals surface area (Å²) >= 11 is 1.43. The molecule has 3 nitrogen and oxygen atoms in total. The number of amides is 2. The third-order valence-electron chi connectivity index (χ3n) is 4.01. The first kappa shape index (κ1) is 19.9. The van der Waals surface area contributed by atoms with Crippen molar-refractivity contribution in [1.29, 1.82) is 0 Å². The first-order valence-electron chi connectivity index (χ1n) is 8.32. The number of hydrogen-bond donors (Lipinski definition) is 2. The van der Waals surface area contributed by atoms with E-state index >= 15 is 0 Å². The van der Waals surface area contributed by atoms with E-state index in [4.69, 9.17) is 0 Å². The minimum Gasteiger partial charge on any atom is -0.334 e.